The number of aliphatic hydroxyl groups excluding tert-OH is 2. The standard InChI is InChI=1S/C24H30BrN3O8S/c1-3-11-26(12-4-2)37(34,35)18-7-5-16(6-8-18)22(31)28-23(32)17(9-10-25)14-27(24(28)33)21-13-19(30)20(15-29)36-21/h5-10,14,19-21,29-30H,3-4,11-13,15H2,1-2H3/b10-9+/t19?,20-,21-/m0/s1. The molecule has 2 heterocycles. The Morgan fingerprint density at radius 3 is 2.32 bits per heavy atom. The van der Waals surface area contributed by atoms with E-state index < -0.39 is 52.2 Å². The van der Waals surface area contributed by atoms with Gasteiger partial charge in [0.05, 0.1) is 23.2 Å². The molecule has 3 atom stereocenters. The van der Waals surface area contributed by atoms with Crippen molar-refractivity contribution in [3.8, 4) is 0 Å². The number of halogens is 1. The van der Waals surface area contributed by atoms with E-state index in [1.807, 2.05) is 13.8 Å². The maximum absolute atomic E-state index is 13.3. The highest BCUT2D eigenvalue weighted by Crippen LogP contribution is 2.27. The number of hydrogen-bond donors (Lipinski definition) is 2. The highest BCUT2D eigenvalue weighted by molar-refractivity contribution is 9.11. The van der Waals surface area contributed by atoms with E-state index in [1.165, 1.54) is 45.8 Å². The van der Waals surface area contributed by atoms with Crippen molar-refractivity contribution in [2.24, 2.45) is 0 Å². The molecule has 0 saturated carbocycles. The minimum absolute atomic E-state index is 0.00457. The molecule has 1 aliphatic rings. The number of benzene rings is 1. The van der Waals surface area contributed by atoms with Crippen molar-refractivity contribution in [3.63, 3.8) is 0 Å². The van der Waals surface area contributed by atoms with Gasteiger partial charge in [0.1, 0.15) is 12.3 Å². The van der Waals surface area contributed by atoms with Gasteiger partial charge < -0.3 is 14.9 Å². The largest absolute Gasteiger partial charge is 0.394 e. The Bertz CT molecular complexity index is 1360. The summed E-state index contributed by atoms with van der Waals surface area (Å²) in [5.74, 6) is -0.950. The molecule has 11 nitrogen and oxygen atoms in total. The lowest BCUT2D eigenvalue weighted by molar-refractivity contribution is -0.0462. The van der Waals surface area contributed by atoms with E-state index >= 15 is 0 Å². The van der Waals surface area contributed by atoms with E-state index in [9.17, 15) is 33.0 Å². The Kier molecular flexibility index (Phi) is 9.78. The Hall–Kier alpha value is -2.42. The highest BCUT2D eigenvalue weighted by Gasteiger charge is 2.36. The molecule has 2 N–H and O–H groups in total. The van der Waals surface area contributed by atoms with Gasteiger partial charge in [-0.3, -0.25) is 14.2 Å². The van der Waals surface area contributed by atoms with Crippen molar-refractivity contribution in [1.29, 1.82) is 0 Å². The fourth-order valence-electron chi connectivity index (χ4n) is 4.11. The monoisotopic (exact) mass is 599 g/mol. The van der Waals surface area contributed by atoms with Gasteiger partial charge in [-0.1, -0.05) is 29.8 Å². The maximum Gasteiger partial charge on any atom is 0.340 e. The van der Waals surface area contributed by atoms with E-state index in [0.717, 1.165) is 4.57 Å². The third-order valence-electron chi connectivity index (χ3n) is 5.97. The van der Waals surface area contributed by atoms with Crippen LogP contribution in [0.1, 0.15) is 55.3 Å². The SMILES string of the molecule is CCCN(CCC)S(=O)(=O)c1ccc(C(=O)n2c(=O)c(/C=C/Br)cn([C@@H]3CC(O)[C@H](CO)O3)c2=O)cc1. The summed E-state index contributed by atoms with van der Waals surface area (Å²) >= 11 is 3.08. The smallest absolute Gasteiger partial charge is 0.340 e. The molecule has 0 amide bonds. The first-order valence-corrected chi connectivity index (χ1v) is 14.2. The third kappa shape index (κ3) is 6.02. The van der Waals surface area contributed by atoms with Gasteiger partial charge in [0.15, 0.2) is 0 Å². The zero-order valence-corrected chi connectivity index (χ0v) is 22.9. The molecule has 13 heteroatoms. The second kappa shape index (κ2) is 12.4. The first-order chi connectivity index (χ1) is 17.6. The average molecular weight is 600 g/mol. The highest BCUT2D eigenvalue weighted by atomic mass is 79.9. The Balaban J connectivity index is 2.04. The van der Waals surface area contributed by atoms with E-state index in [0.29, 0.717) is 30.5 Å². The minimum atomic E-state index is -3.78. The maximum atomic E-state index is 13.3. The summed E-state index contributed by atoms with van der Waals surface area (Å²) in [4.78, 5) is 41.0. The van der Waals surface area contributed by atoms with Crippen LogP contribution in [0.5, 0.6) is 0 Å². The van der Waals surface area contributed by atoms with Gasteiger partial charge in [0.25, 0.3) is 11.5 Å². The number of aromatic nitrogens is 2. The number of carbonyl (C=O) groups excluding carboxylic acids is 1. The van der Waals surface area contributed by atoms with Crippen molar-refractivity contribution in [2.45, 2.75) is 56.4 Å². The summed E-state index contributed by atoms with van der Waals surface area (Å²) < 4.78 is 34.4. The molecule has 1 aromatic heterocycles. The van der Waals surface area contributed by atoms with Gasteiger partial charge in [-0.25, -0.2) is 13.2 Å². The molecule has 3 rings (SSSR count). The zero-order chi connectivity index (χ0) is 27.3. The van der Waals surface area contributed by atoms with Crippen molar-refractivity contribution in [3.05, 3.63) is 67.4 Å². The fourth-order valence-corrected chi connectivity index (χ4v) is 6.02. The van der Waals surface area contributed by atoms with Crippen molar-refractivity contribution in [2.75, 3.05) is 19.7 Å². The molecule has 1 saturated heterocycles. The van der Waals surface area contributed by atoms with Crippen LogP contribution in [0.4, 0.5) is 0 Å². The average Bonchev–Trinajstić information content (AvgIpc) is 3.25. The Morgan fingerprint density at radius 2 is 1.81 bits per heavy atom. The lowest BCUT2D eigenvalue weighted by Gasteiger charge is -2.21. The molecule has 37 heavy (non-hydrogen) atoms. The van der Waals surface area contributed by atoms with Gasteiger partial charge in [-0.2, -0.15) is 8.87 Å². The lowest BCUT2D eigenvalue weighted by Crippen LogP contribution is -2.45. The number of hydrogen-bond acceptors (Lipinski definition) is 8. The molecular formula is C24H30BrN3O8S. The predicted molar refractivity (Wildman–Crippen MR) is 140 cm³/mol. The molecule has 1 aliphatic heterocycles. The minimum Gasteiger partial charge on any atom is -0.394 e. The molecule has 0 aliphatic carbocycles. The molecule has 1 fully saturated rings. The van der Waals surface area contributed by atoms with Crippen LogP contribution in [0.25, 0.3) is 6.08 Å². The van der Waals surface area contributed by atoms with Crippen molar-refractivity contribution in [1.82, 2.24) is 13.4 Å². The number of carbonyl (C=O) groups is 1. The summed E-state index contributed by atoms with van der Waals surface area (Å²) in [6, 6.07) is 5.06. The predicted octanol–water partition coefficient (Wildman–Crippen LogP) is 1.52. The first kappa shape index (κ1) is 29.1. The number of sulfonamides is 1. The van der Waals surface area contributed by atoms with Crippen molar-refractivity contribution >= 4 is 37.9 Å². The van der Waals surface area contributed by atoms with E-state index in [-0.39, 0.29) is 22.4 Å². The molecule has 202 valence electrons. The van der Waals surface area contributed by atoms with E-state index in [1.54, 1.807) is 0 Å². The second-order valence-electron chi connectivity index (χ2n) is 8.56. The molecule has 1 aromatic carbocycles. The van der Waals surface area contributed by atoms with Crippen LogP contribution in [0.2, 0.25) is 0 Å². The van der Waals surface area contributed by atoms with Crippen LogP contribution in [-0.2, 0) is 14.8 Å². The summed E-state index contributed by atoms with van der Waals surface area (Å²) in [5.41, 5.74) is -1.95. The molecular weight excluding hydrogens is 570 g/mol. The van der Waals surface area contributed by atoms with E-state index in [4.69, 9.17) is 4.74 Å². The second-order valence-corrected chi connectivity index (χ2v) is 11.0. The fraction of sp³-hybridized carbons (Fsp3) is 0.458. The third-order valence-corrected chi connectivity index (χ3v) is 8.14. The van der Waals surface area contributed by atoms with E-state index in [2.05, 4.69) is 15.9 Å². The molecule has 0 radical (unpaired) electrons. The number of nitrogens with zero attached hydrogens (tertiary/aromatic N) is 3. The zero-order valence-electron chi connectivity index (χ0n) is 20.5. The number of rotatable bonds is 10. The van der Waals surface area contributed by atoms with Gasteiger partial charge in [0.2, 0.25) is 10.0 Å². The summed E-state index contributed by atoms with van der Waals surface area (Å²) in [5, 5.41) is 19.5. The molecule has 2 aromatic rings. The molecule has 1 unspecified atom stereocenters. The van der Waals surface area contributed by atoms with Crippen LogP contribution in [0.15, 0.2) is 49.9 Å². The molecule has 0 bridgehead atoms. The topological polar surface area (TPSA) is 148 Å². The molecule has 0 spiro atoms. The number of ether oxygens (including phenoxy) is 1. The lowest BCUT2D eigenvalue weighted by atomic mass is 10.2. The summed E-state index contributed by atoms with van der Waals surface area (Å²) in [6.45, 7) is 4.00. The van der Waals surface area contributed by atoms with Crippen LogP contribution < -0.4 is 11.2 Å². The first-order valence-electron chi connectivity index (χ1n) is 11.8. The Morgan fingerprint density at radius 1 is 1.19 bits per heavy atom. The van der Waals surface area contributed by atoms with Crippen LogP contribution in [-0.4, -0.2) is 69.9 Å². The quantitative estimate of drug-likeness (QED) is 0.417. The summed E-state index contributed by atoms with van der Waals surface area (Å²) in [6.07, 6.45) is 0.846. The van der Waals surface area contributed by atoms with Crippen LogP contribution in [0.3, 0.4) is 0 Å². The van der Waals surface area contributed by atoms with Gasteiger partial charge in [0, 0.05) is 31.3 Å². The van der Waals surface area contributed by atoms with Gasteiger partial charge in [-0.15, -0.1) is 0 Å². The van der Waals surface area contributed by atoms with Gasteiger partial charge in [-0.05, 0) is 48.2 Å². The van der Waals surface area contributed by atoms with Crippen LogP contribution in [0, 0.1) is 0 Å². The van der Waals surface area contributed by atoms with Gasteiger partial charge >= 0.3 is 5.69 Å². The van der Waals surface area contributed by atoms with Crippen LogP contribution >= 0.6 is 15.9 Å². The number of aliphatic hydroxyl groups is 2. The normalized spacial score (nSPS) is 20.2. The Labute approximate surface area is 222 Å². The van der Waals surface area contributed by atoms with Crippen molar-refractivity contribution < 1.29 is 28.2 Å². The summed E-state index contributed by atoms with van der Waals surface area (Å²) in [7, 11) is -3.78.